The molecule has 0 radical (unpaired) electrons. The van der Waals surface area contributed by atoms with Gasteiger partial charge in [0.25, 0.3) is 0 Å². The molecule has 0 aliphatic rings. The number of imidazole rings is 1. The molecule has 3 aromatic rings. The molecule has 0 saturated heterocycles. The van der Waals surface area contributed by atoms with E-state index in [9.17, 15) is 5.11 Å². The van der Waals surface area contributed by atoms with Crippen molar-refractivity contribution < 1.29 is 9.84 Å². The molecule has 108 valence electrons. The van der Waals surface area contributed by atoms with Crippen molar-refractivity contribution in [3.63, 3.8) is 0 Å². The lowest BCUT2D eigenvalue weighted by Crippen LogP contribution is -2.05. The van der Waals surface area contributed by atoms with Crippen LogP contribution in [-0.2, 0) is 13.2 Å². The SMILES string of the molecule is COc1cc(Cn2c(CO)nc3cc(N)ccc32)ccn1. The van der Waals surface area contributed by atoms with Crippen molar-refractivity contribution in [2.45, 2.75) is 13.2 Å². The Morgan fingerprint density at radius 1 is 1.29 bits per heavy atom. The molecular formula is C15H16N4O2. The van der Waals surface area contributed by atoms with Gasteiger partial charge in [0.15, 0.2) is 0 Å². The number of nitrogens with zero attached hydrogens (tertiary/aromatic N) is 3. The van der Waals surface area contributed by atoms with Crippen LogP contribution < -0.4 is 10.5 Å². The van der Waals surface area contributed by atoms with Gasteiger partial charge in [-0.25, -0.2) is 9.97 Å². The number of anilines is 1. The van der Waals surface area contributed by atoms with Gasteiger partial charge in [0.05, 0.1) is 18.1 Å². The highest BCUT2D eigenvalue weighted by atomic mass is 16.5. The van der Waals surface area contributed by atoms with E-state index in [1.807, 2.05) is 28.8 Å². The highest BCUT2D eigenvalue weighted by Gasteiger charge is 2.11. The monoisotopic (exact) mass is 284 g/mol. The summed E-state index contributed by atoms with van der Waals surface area (Å²) in [6, 6.07) is 9.32. The zero-order valence-corrected chi connectivity index (χ0v) is 11.7. The lowest BCUT2D eigenvalue weighted by atomic mass is 10.2. The van der Waals surface area contributed by atoms with Crippen LogP contribution in [0.3, 0.4) is 0 Å². The van der Waals surface area contributed by atoms with Crippen molar-refractivity contribution in [3.8, 4) is 5.88 Å². The Kier molecular flexibility index (Phi) is 3.45. The Bertz CT molecular complexity index is 782. The van der Waals surface area contributed by atoms with Gasteiger partial charge in [-0.1, -0.05) is 0 Å². The van der Waals surface area contributed by atoms with Gasteiger partial charge in [-0.15, -0.1) is 0 Å². The summed E-state index contributed by atoms with van der Waals surface area (Å²) in [7, 11) is 1.58. The molecule has 6 heteroatoms. The molecule has 0 unspecified atom stereocenters. The Labute approximate surface area is 121 Å². The molecule has 0 spiro atoms. The maximum Gasteiger partial charge on any atom is 0.213 e. The summed E-state index contributed by atoms with van der Waals surface area (Å²) in [5.74, 6) is 1.16. The van der Waals surface area contributed by atoms with Gasteiger partial charge in [-0.2, -0.15) is 0 Å². The normalized spacial score (nSPS) is 11.0. The zero-order chi connectivity index (χ0) is 14.8. The molecule has 6 nitrogen and oxygen atoms in total. The van der Waals surface area contributed by atoms with Crippen molar-refractivity contribution >= 4 is 16.7 Å². The van der Waals surface area contributed by atoms with Crippen molar-refractivity contribution in [3.05, 3.63) is 47.9 Å². The number of aromatic nitrogens is 3. The van der Waals surface area contributed by atoms with E-state index in [-0.39, 0.29) is 6.61 Å². The average Bonchev–Trinajstić information content (AvgIpc) is 2.84. The number of methoxy groups -OCH3 is 1. The lowest BCUT2D eigenvalue weighted by molar-refractivity contribution is 0.267. The first kappa shape index (κ1) is 13.4. The molecule has 0 aliphatic heterocycles. The highest BCUT2D eigenvalue weighted by molar-refractivity contribution is 5.79. The molecule has 1 aromatic carbocycles. The molecule has 0 fully saturated rings. The fourth-order valence-electron chi connectivity index (χ4n) is 2.34. The number of hydrogen-bond acceptors (Lipinski definition) is 5. The van der Waals surface area contributed by atoms with Gasteiger partial charge >= 0.3 is 0 Å². The van der Waals surface area contributed by atoms with Crippen LogP contribution in [0.2, 0.25) is 0 Å². The second-order valence-electron chi connectivity index (χ2n) is 4.73. The van der Waals surface area contributed by atoms with Gasteiger partial charge in [0, 0.05) is 24.5 Å². The maximum atomic E-state index is 9.52. The van der Waals surface area contributed by atoms with Crippen LogP contribution in [0.1, 0.15) is 11.4 Å². The first-order chi connectivity index (χ1) is 10.2. The molecule has 0 bridgehead atoms. The number of nitrogens with two attached hydrogens (primary N) is 1. The summed E-state index contributed by atoms with van der Waals surface area (Å²) in [6.45, 7) is 0.450. The Morgan fingerprint density at radius 3 is 2.90 bits per heavy atom. The van der Waals surface area contributed by atoms with Crippen LogP contribution in [0.25, 0.3) is 11.0 Å². The van der Waals surface area contributed by atoms with Crippen molar-refractivity contribution in [2.24, 2.45) is 0 Å². The third-order valence-corrected chi connectivity index (χ3v) is 3.34. The summed E-state index contributed by atoms with van der Waals surface area (Å²) >= 11 is 0. The Hall–Kier alpha value is -2.60. The van der Waals surface area contributed by atoms with Crippen LogP contribution in [0, 0.1) is 0 Å². The van der Waals surface area contributed by atoms with Gasteiger partial charge in [-0.05, 0) is 29.8 Å². The van der Waals surface area contributed by atoms with Gasteiger partial charge in [0.1, 0.15) is 12.4 Å². The van der Waals surface area contributed by atoms with Crippen LogP contribution in [-0.4, -0.2) is 26.8 Å². The first-order valence-corrected chi connectivity index (χ1v) is 6.55. The fraction of sp³-hybridized carbons (Fsp3) is 0.200. The molecule has 0 aliphatic carbocycles. The topological polar surface area (TPSA) is 86.2 Å². The molecule has 2 aromatic heterocycles. The van der Waals surface area contributed by atoms with Crippen molar-refractivity contribution in [1.82, 2.24) is 14.5 Å². The number of nitrogen functional groups attached to an aromatic ring is 1. The van der Waals surface area contributed by atoms with E-state index >= 15 is 0 Å². The molecule has 21 heavy (non-hydrogen) atoms. The quantitative estimate of drug-likeness (QED) is 0.710. The minimum absolute atomic E-state index is 0.128. The van der Waals surface area contributed by atoms with E-state index in [0.717, 1.165) is 16.6 Å². The summed E-state index contributed by atoms with van der Waals surface area (Å²) in [4.78, 5) is 8.51. The molecule has 3 N–H and O–H groups in total. The van der Waals surface area contributed by atoms with E-state index in [0.29, 0.717) is 23.9 Å². The number of rotatable bonds is 4. The van der Waals surface area contributed by atoms with E-state index in [1.54, 1.807) is 19.4 Å². The summed E-state index contributed by atoms with van der Waals surface area (Å²) in [5.41, 5.74) is 9.17. The summed E-state index contributed by atoms with van der Waals surface area (Å²) in [6.07, 6.45) is 1.70. The standard InChI is InChI=1S/C15H16N4O2/c1-21-15-6-10(4-5-17-15)8-19-13-3-2-11(16)7-12(13)18-14(19)9-20/h2-7,20H,8-9,16H2,1H3. The zero-order valence-electron chi connectivity index (χ0n) is 11.7. The Morgan fingerprint density at radius 2 is 2.14 bits per heavy atom. The average molecular weight is 284 g/mol. The molecule has 0 atom stereocenters. The highest BCUT2D eigenvalue weighted by Crippen LogP contribution is 2.21. The van der Waals surface area contributed by atoms with Gasteiger partial charge in [-0.3, -0.25) is 0 Å². The van der Waals surface area contributed by atoms with E-state index in [1.165, 1.54) is 0 Å². The first-order valence-electron chi connectivity index (χ1n) is 6.55. The number of benzene rings is 1. The second kappa shape index (κ2) is 5.41. The number of fused-ring (bicyclic) bond motifs is 1. The van der Waals surface area contributed by atoms with Crippen molar-refractivity contribution in [2.75, 3.05) is 12.8 Å². The van der Waals surface area contributed by atoms with Crippen LogP contribution in [0.15, 0.2) is 36.5 Å². The van der Waals surface area contributed by atoms with Gasteiger partial charge in [0.2, 0.25) is 5.88 Å². The smallest absolute Gasteiger partial charge is 0.213 e. The van der Waals surface area contributed by atoms with Crippen LogP contribution in [0.4, 0.5) is 5.69 Å². The third-order valence-electron chi connectivity index (χ3n) is 3.34. The largest absolute Gasteiger partial charge is 0.481 e. The molecule has 2 heterocycles. The lowest BCUT2D eigenvalue weighted by Gasteiger charge is -2.09. The van der Waals surface area contributed by atoms with E-state index in [4.69, 9.17) is 10.5 Å². The Balaban J connectivity index is 2.06. The summed E-state index contributed by atoms with van der Waals surface area (Å²) in [5, 5.41) is 9.52. The number of aliphatic hydroxyl groups excluding tert-OH is 1. The molecule has 3 rings (SSSR count). The fourth-order valence-corrected chi connectivity index (χ4v) is 2.34. The molecular weight excluding hydrogens is 268 g/mol. The molecule has 0 amide bonds. The molecule has 0 saturated carbocycles. The predicted molar refractivity (Wildman–Crippen MR) is 80.0 cm³/mol. The second-order valence-corrected chi connectivity index (χ2v) is 4.73. The summed E-state index contributed by atoms with van der Waals surface area (Å²) < 4.78 is 7.09. The predicted octanol–water partition coefficient (Wildman–Crippen LogP) is 1.56. The number of hydrogen-bond donors (Lipinski definition) is 2. The minimum Gasteiger partial charge on any atom is -0.481 e. The van der Waals surface area contributed by atoms with Gasteiger partial charge < -0.3 is 20.1 Å². The van der Waals surface area contributed by atoms with E-state index < -0.39 is 0 Å². The number of ether oxygens (including phenoxy) is 1. The van der Waals surface area contributed by atoms with Crippen LogP contribution in [0.5, 0.6) is 5.88 Å². The van der Waals surface area contributed by atoms with Crippen LogP contribution >= 0.6 is 0 Å². The minimum atomic E-state index is -0.128. The van der Waals surface area contributed by atoms with E-state index in [2.05, 4.69) is 9.97 Å². The van der Waals surface area contributed by atoms with Crippen molar-refractivity contribution in [1.29, 1.82) is 0 Å². The maximum absolute atomic E-state index is 9.52. The number of aliphatic hydroxyl groups is 1. The number of pyridine rings is 1. The third kappa shape index (κ3) is 2.53.